The van der Waals surface area contributed by atoms with Gasteiger partial charge < -0.3 is 14.6 Å². The molecule has 0 unspecified atom stereocenters. The Balaban J connectivity index is 2.36. The molecule has 0 fully saturated rings. The molecule has 2 aromatic carbocycles. The van der Waals surface area contributed by atoms with Gasteiger partial charge in [-0.25, -0.2) is 0 Å². The van der Waals surface area contributed by atoms with Crippen LogP contribution in [0.15, 0.2) is 36.4 Å². The first-order valence-electron chi connectivity index (χ1n) is 7.48. The number of hydrogen-bond donors (Lipinski definition) is 1. The summed E-state index contributed by atoms with van der Waals surface area (Å²) < 4.78 is 10.2. The monoisotopic (exact) mass is 302 g/mol. The number of rotatable bonds is 6. The van der Waals surface area contributed by atoms with Crippen molar-refractivity contribution in [2.45, 2.75) is 32.3 Å². The van der Waals surface area contributed by atoms with Crippen LogP contribution in [0.4, 0.5) is 0 Å². The summed E-state index contributed by atoms with van der Waals surface area (Å²) in [5.41, 5.74) is -0.485. The molecule has 0 aromatic heterocycles. The van der Waals surface area contributed by atoms with Crippen molar-refractivity contribution in [1.82, 2.24) is 0 Å². The predicted octanol–water partition coefficient (Wildman–Crippen LogP) is 3.40. The largest absolute Gasteiger partial charge is 0.497 e. The van der Waals surface area contributed by atoms with E-state index < -0.39 is 5.60 Å². The lowest BCUT2D eigenvalue weighted by Gasteiger charge is -2.26. The SMILES string of the molecule is CCOC(=O)C[C@](O)(CC)c1ccc2cc(OC)ccc2c1. The van der Waals surface area contributed by atoms with Crippen LogP contribution in [-0.2, 0) is 15.1 Å². The van der Waals surface area contributed by atoms with E-state index in [0.717, 1.165) is 22.1 Å². The Morgan fingerprint density at radius 1 is 1.14 bits per heavy atom. The highest BCUT2D eigenvalue weighted by Gasteiger charge is 2.31. The van der Waals surface area contributed by atoms with E-state index in [1.54, 1.807) is 14.0 Å². The lowest BCUT2D eigenvalue weighted by molar-refractivity contribution is -0.149. The zero-order chi connectivity index (χ0) is 16.2. The second-order valence-corrected chi connectivity index (χ2v) is 5.29. The minimum Gasteiger partial charge on any atom is -0.497 e. The van der Waals surface area contributed by atoms with E-state index in [9.17, 15) is 9.90 Å². The summed E-state index contributed by atoms with van der Waals surface area (Å²) in [4.78, 5) is 11.7. The molecule has 4 nitrogen and oxygen atoms in total. The molecule has 0 spiro atoms. The normalized spacial score (nSPS) is 13.6. The summed E-state index contributed by atoms with van der Waals surface area (Å²) in [5, 5.41) is 12.8. The average molecular weight is 302 g/mol. The van der Waals surface area contributed by atoms with E-state index in [0.29, 0.717) is 13.0 Å². The lowest BCUT2D eigenvalue weighted by atomic mass is 9.86. The Morgan fingerprint density at radius 3 is 2.45 bits per heavy atom. The van der Waals surface area contributed by atoms with Crippen molar-refractivity contribution in [2.75, 3.05) is 13.7 Å². The van der Waals surface area contributed by atoms with Gasteiger partial charge in [-0.05, 0) is 47.9 Å². The van der Waals surface area contributed by atoms with Crippen molar-refractivity contribution < 1.29 is 19.4 Å². The van der Waals surface area contributed by atoms with E-state index in [4.69, 9.17) is 9.47 Å². The van der Waals surface area contributed by atoms with Crippen LogP contribution in [0, 0.1) is 0 Å². The molecule has 0 aliphatic heterocycles. The van der Waals surface area contributed by atoms with Crippen LogP contribution >= 0.6 is 0 Å². The summed E-state index contributed by atoms with van der Waals surface area (Å²) in [6.07, 6.45) is 0.395. The van der Waals surface area contributed by atoms with Gasteiger partial charge in [0.25, 0.3) is 0 Å². The van der Waals surface area contributed by atoms with Gasteiger partial charge in [-0.3, -0.25) is 4.79 Å². The standard InChI is InChI=1S/C18H22O4/c1-4-18(20,12-17(19)22-5-2)15-8-6-14-11-16(21-3)9-7-13(14)10-15/h6-11,20H,4-5,12H2,1-3H3/t18-/m1/s1. The number of methoxy groups -OCH3 is 1. The van der Waals surface area contributed by atoms with Crippen molar-refractivity contribution in [3.8, 4) is 5.75 Å². The molecule has 0 saturated heterocycles. The summed E-state index contributed by atoms with van der Waals surface area (Å²) in [7, 11) is 1.63. The Morgan fingerprint density at radius 2 is 1.82 bits per heavy atom. The van der Waals surface area contributed by atoms with Crippen LogP contribution < -0.4 is 4.74 Å². The molecule has 4 heteroatoms. The van der Waals surface area contributed by atoms with Crippen LogP contribution in [0.2, 0.25) is 0 Å². The Labute approximate surface area is 130 Å². The second-order valence-electron chi connectivity index (χ2n) is 5.29. The van der Waals surface area contributed by atoms with Crippen LogP contribution in [-0.4, -0.2) is 24.8 Å². The van der Waals surface area contributed by atoms with Crippen molar-refractivity contribution >= 4 is 16.7 Å². The fraction of sp³-hybridized carbons (Fsp3) is 0.389. The van der Waals surface area contributed by atoms with E-state index in [1.807, 2.05) is 43.3 Å². The summed E-state index contributed by atoms with van der Waals surface area (Å²) in [5.74, 6) is 0.402. The van der Waals surface area contributed by atoms with Gasteiger partial charge in [0.2, 0.25) is 0 Å². The van der Waals surface area contributed by atoms with E-state index >= 15 is 0 Å². The summed E-state index contributed by atoms with van der Waals surface area (Å²) >= 11 is 0. The highest BCUT2D eigenvalue weighted by atomic mass is 16.5. The Bertz CT molecular complexity index is 665. The number of esters is 1. The highest BCUT2D eigenvalue weighted by molar-refractivity contribution is 5.85. The van der Waals surface area contributed by atoms with E-state index in [1.165, 1.54) is 0 Å². The molecule has 118 valence electrons. The van der Waals surface area contributed by atoms with Gasteiger partial charge in [0.05, 0.1) is 25.7 Å². The third kappa shape index (κ3) is 3.39. The Hall–Kier alpha value is -2.07. The van der Waals surface area contributed by atoms with Gasteiger partial charge >= 0.3 is 5.97 Å². The number of aliphatic hydroxyl groups is 1. The minimum absolute atomic E-state index is 0.0427. The molecule has 2 rings (SSSR count). The number of hydrogen-bond acceptors (Lipinski definition) is 4. The number of benzene rings is 2. The van der Waals surface area contributed by atoms with Crippen molar-refractivity contribution in [3.05, 3.63) is 42.0 Å². The molecule has 0 amide bonds. The van der Waals surface area contributed by atoms with Crippen LogP contribution in [0.25, 0.3) is 10.8 Å². The molecule has 0 aliphatic rings. The van der Waals surface area contributed by atoms with Crippen LogP contribution in [0.3, 0.4) is 0 Å². The van der Waals surface area contributed by atoms with Crippen molar-refractivity contribution in [2.24, 2.45) is 0 Å². The number of carbonyl (C=O) groups excluding carboxylic acids is 1. The molecule has 0 heterocycles. The quantitative estimate of drug-likeness (QED) is 0.831. The maximum absolute atomic E-state index is 11.7. The second kappa shape index (κ2) is 6.79. The van der Waals surface area contributed by atoms with E-state index in [-0.39, 0.29) is 12.4 Å². The third-order valence-electron chi connectivity index (χ3n) is 3.91. The zero-order valence-corrected chi connectivity index (χ0v) is 13.3. The summed E-state index contributed by atoms with van der Waals surface area (Å²) in [6, 6.07) is 11.5. The molecule has 0 bridgehead atoms. The molecular weight excluding hydrogens is 280 g/mol. The van der Waals surface area contributed by atoms with Crippen molar-refractivity contribution in [3.63, 3.8) is 0 Å². The first-order valence-corrected chi connectivity index (χ1v) is 7.48. The zero-order valence-electron chi connectivity index (χ0n) is 13.3. The minimum atomic E-state index is -1.21. The molecule has 22 heavy (non-hydrogen) atoms. The molecule has 1 atom stereocenters. The maximum Gasteiger partial charge on any atom is 0.309 e. The first-order chi connectivity index (χ1) is 10.5. The van der Waals surface area contributed by atoms with Crippen molar-refractivity contribution in [1.29, 1.82) is 0 Å². The highest BCUT2D eigenvalue weighted by Crippen LogP contribution is 2.32. The molecule has 0 aliphatic carbocycles. The smallest absolute Gasteiger partial charge is 0.309 e. The van der Waals surface area contributed by atoms with Gasteiger partial charge in [0, 0.05) is 0 Å². The van der Waals surface area contributed by atoms with Gasteiger partial charge in [0.1, 0.15) is 5.75 Å². The predicted molar refractivity (Wildman–Crippen MR) is 85.9 cm³/mol. The van der Waals surface area contributed by atoms with Crippen LogP contribution in [0.5, 0.6) is 5.75 Å². The molecular formula is C18H22O4. The van der Waals surface area contributed by atoms with E-state index in [2.05, 4.69) is 0 Å². The number of fused-ring (bicyclic) bond motifs is 1. The maximum atomic E-state index is 11.7. The summed E-state index contributed by atoms with van der Waals surface area (Å²) in [6.45, 7) is 3.93. The molecule has 1 N–H and O–H groups in total. The van der Waals surface area contributed by atoms with Crippen LogP contribution in [0.1, 0.15) is 32.3 Å². The third-order valence-corrected chi connectivity index (χ3v) is 3.91. The Kier molecular flexibility index (Phi) is 5.03. The topological polar surface area (TPSA) is 55.8 Å². The fourth-order valence-corrected chi connectivity index (χ4v) is 2.52. The van der Waals surface area contributed by atoms with Gasteiger partial charge in [-0.15, -0.1) is 0 Å². The van der Waals surface area contributed by atoms with Gasteiger partial charge in [-0.2, -0.15) is 0 Å². The fourth-order valence-electron chi connectivity index (χ4n) is 2.52. The van der Waals surface area contributed by atoms with Gasteiger partial charge in [0.15, 0.2) is 0 Å². The average Bonchev–Trinajstić information content (AvgIpc) is 2.53. The van der Waals surface area contributed by atoms with Gasteiger partial charge in [-0.1, -0.05) is 25.1 Å². The molecule has 2 aromatic rings. The molecule has 0 radical (unpaired) electrons. The first kappa shape index (κ1) is 16.3. The molecule has 0 saturated carbocycles. The number of ether oxygens (including phenoxy) is 2. The number of carbonyl (C=O) groups is 1. The lowest BCUT2D eigenvalue weighted by Crippen LogP contribution is -2.29.